The molecule has 0 spiro atoms. The fraction of sp³-hybridized carbons (Fsp3) is 0.360. The van der Waals surface area contributed by atoms with Crippen molar-refractivity contribution in [3.05, 3.63) is 59.3 Å². The van der Waals surface area contributed by atoms with Crippen LogP contribution in [0.1, 0.15) is 43.6 Å². The molecule has 4 N–H and O–H groups in total. The molecule has 3 aromatic rings. The number of aromatic nitrogens is 2. The Kier molecular flexibility index (Phi) is 7.29. The highest BCUT2D eigenvalue weighted by Gasteiger charge is 2.25. The van der Waals surface area contributed by atoms with Gasteiger partial charge in [-0.15, -0.1) is 0 Å². The monoisotopic (exact) mass is 465 g/mol. The van der Waals surface area contributed by atoms with E-state index in [1.54, 1.807) is 20.4 Å². The van der Waals surface area contributed by atoms with Crippen LogP contribution in [-0.2, 0) is 9.84 Å². The third kappa shape index (κ3) is 5.46. The van der Waals surface area contributed by atoms with Gasteiger partial charge in [0.25, 0.3) is 0 Å². The van der Waals surface area contributed by atoms with E-state index in [1.165, 1.54) is 5.56 Å². The molecule has 1 unspecified atom stereocenters. The van der Waals surface area contributed by atoms with Gasteiger partial charge < -0.3 is 25.4 Å². The molecule has 175 valence electrons. The molecule has 0 amide bonds. The maximum absolute atomic E-state index is 6.39. The fourth-order valence-electron chi connectivity index (χ4n) is 3.67. The summed E-state index contributed by atoms with van der Waals surface area (Å²) in [6.45, 7) is 10.7. The van der Waals surface area contributed by atoms with Crippen LogP contribution in [0.15, 0.2) is 42.6 Å². The summed E-state index contributed by atoms with van der Waals surface area (Å²) in [5, 5.41) is 0. The number of hydrogen-bond donors (Lipinski definition) is 2. The van der Waals surface area contributed by atoms with Crippen molar-refractivity contribution in [3.63, 3.8) is 0 Å². The van der Waals surface area contributed by atoms with E-state index in [-0.39, 0.29) is 11.4 Å². The number of nitrogens with two attached hydrogens (primary N) is 2. The van der Waals surface area contributed by atoms with E-state index >= 15 is 0 Å². The molecule has 1 heterocycles. The van der Waals surface area contributed by atoms with Crippen molar-refractivity contribution in [2.75, 3.05) is 25.7 Å². The Morgan fingerprint density at radius 2 is 1.73 bits per heavy atom. The van der Waals surface area contributed by atoms with E-state index in [1.807, 2.05) is 6.07 Å². The standard InChI is InChI=1S/C25H33N4O3Si/c1-25(2,3)17-10-8-9-15(11-17)18-12-16(13-20(30-4)22(18)31-5)21(32-33(6)7)19-14-28-24(27)29-23(19)26/h8-14,21H,1-7H3,(H4,26,27,28,29). The van der Waals surface area contributed by atoms with Crippen LogP contribution in [-0.4, -0.2) is 33.2 Å². The van der Waals surface area contributed by atoms with Crippen LogP contribution in [0.4, 0.5) is 11.8 Å². The molecular formula is C25H33N4O3Si. The molecule has 3 rings (SSSR count). The minimum Gasteiger partial charge on any atom is -0.493 e. The van der Waals surface area contributed by atoms with Gasteiger partial charge in [-0.2, -0.15) is 4.98 Å². The number of ether oxygens (including phenoxy) is 2. The Balaban J connectivity index is 2.26. The first kappa shape index (κ1) is 24.5. The lowest BCUT2D eigenvalue weighted by Crippen LogP contribution is -2.18. The molecule has 7 nitrogen and oxygen atoms in total. The Morgan fingerprint density at radius 3 is 2.30 bits per heavy atom. The molecule has 0 aliphatic rings. The largest absolute Gasteiger partial charge is 0.493 e. The predicted molar refractivity (Wildman–Crippen MR) is 135 cm³/mol. The lowest BCUT2D eigenvalue weighted by molar-refractivity contribution is 0.251. The molecular weight excluding hydrogens is 432 g/mol. The number of rotatable bonds is 7. The van der Waals surface area contributed by atoms with Gasteiger partial charge >= 0.3 is 0 Å². The van der Waals surface area contributed by atoms with Crippen molar-refractivity contribution in [2.45, 2.75) is 45.4 Å². The third-order valence-corrected chi connectivity index (χ3v) is 6.05. The first-order valence-corrected chi connectivity index (χ1v) is 13.2. The van der Waals surface area contributed by atoms with Crippen LogP contribution in [0.3, 0.4) is 0 Å². The van der Waals surface area contributed by atoms with Crippen LogP contribution >= 0.6 is 0 Å². The maximum Gasteiger partial charge on any atom is 0.221 e. The van der Waals surface area contributed by atoms with E-state index in [0.717, 1.165) is 16.7 Å². The molecule has 1 aromatic heterocycles. The van der Waals surface area contributed by atoms with E-state index in [0.29, 0.717) is 22.9 Å². The quantitative estimate of drug-likeness (QED) is 0.474. The van der Waals surface area contributed by atoms with Crippen molar-refractivity contribution in [1.82, 2.24) is 9.97 Å². The van der Waals surface area contributed by atoms with Crippen molar-refractivity contribution in [1.29, 1.82) is 0 Å². The van der Waals surface area contributed by atoms with E-state index in [2.05, 4.69) is 74.2 Å². The summed E-state index contributed by atoms with van der Waals surface area (Å²) in [6.07, 6.45) is 1.16. The molecule has 33 heavy (non-hydrogen) atoms. The van der Waals surface area contributed by atoms with Crippen molar-refractivity contribution < 1.29 is 13.9 Å². The highest BCUT2D eigenvalue weighted by Crippen LogP contribution is 2.43. The maximum atomic E-state index is 6.39. The molecule has 0 saturated carbocycles. The first-order chi connectivity index (χ1) is 15.5. The van der Waals surface area contributed by atoms with E-state index in [9.17, 15) is 0 Å². The Labute approximate surface area is 197 Å². The van der Waals surface area contributed by atoms with E-state index < -0.39 is 15.1 Å². The SMILES string of the molecule is COc1cc(C(O[Si](C)C)c2cnc(N)nc2N)cc(-c2cccc(C(C)(C)C)c2)c1OC. The fourth-order valence-corrected chi connectivity index (χ4v) is 4.41. The van der Waals surface area contributed by atoms with Crippen LogP contribution in [0, 0.1) is 0 Å². The zero-order chi connectivity index (χ0) is 24.3. The highest BCUT2D eigenvalue weighted by atomic mass is 28.3. The van der Waals surface area contributed by atoms with Crippen LogP contribution in [0.25, 0.3) is 11.1 Å². The second-order valence-electron chi connectivity index (χ2n) is 9.11. The molecule has 8 heteroatoms. The zero-order valence-corrected chi connectivity index (χ0v) is 21.4. The summed E-state index contributed by atoms with van der Waals surface area (Å²) in [5.41, 5.74) is 16.6. The minimum atomic E-state index is -1.11. The first-order valence-electron chi connectivity index (χ1n) is 10.8. The topological polar surface area (TPSA) is 106 Å². The summed E-state index contributed by atoms with van der Waals surface area (Å²) in [5.74, 6) is 1.68. The van der Waals surface area contributed by atoms with Crippen molar-refractivity contribution in [3.8, 4) is 22.6 Å². The molecule has 0 bridgehead atoms. The third-order valence-electron chi connectivity index (χ3n) is 5.35. The van der Waals surface area contributed by atoms with Crippen molar-refractivity contribution in [2.24, 2.45) is 0 Å². The number of nitrogens with zero attached hydrogens (tertiary/aromatic N) is 2. The van der Waals surface area contributed by atoms with Gasteiger partial charge in [-0.3, -0.25) is 0 Å². The molecule has 2 aromatic carbocycles. The second kappa shape index (κ2) is 9.80. The summed E-state index contributed by atoms with van der Waals surface area (Å²) in [7, 11) is 2.17. The van der Waals surface area contributed by atoms with Gasteiger partial charge in [0.05, 0.1) is 14.2 Å². The predicted octanol–water partition coefficient (Wildman–Crippen LogP) is 4.98. The average molecular weight is 466 g/mol. The number of methoxy groups -OCH3 is 2. The van der Waals surface area contributed by atoms with Crippen LogP contribution in [0.5, 0.6) is 11.5 Å². The van der Waals surface area contributed by atoms with Gasteiger partial charge in [0.15, 0.2) is 11.5 Å². The lowest BCUT2D eigenvalue weighted by atomic mass is 9.85. The molecule has 1 atom stereocenters. The molecule has 0 fully saturated rings. The van der Waals surface area contributed by atoms with Gasteiger partial charge in [0, 0.05) is 17.3 Å². The molecule has 0 aliphatic heterocycles. The molecule has 1 radical (unpaired) electrons. The highest BCUT2D eigenvalue weighted by molar-refractivity contribution is 6.48. The zero-order valence-electron chi connectivity index (χ0n) is 20.4. The smallest absolute Gasteiger partial charge is 0.221 e. The number of hydrogen-bond acceptors (Lipinski definition) is 7. The average Bonchev–Trinajstić information content (AvgIpc) is 2.76. The Hall–Kier alpha value is -3.10. The van der Waals surface area contributed by atoms with E-state index in [4.69, 9.17) is 25.4 Å². The summed E-state index contributed by atoms with van der Waals surface area (Å²) >= 11 is 0. The van der Waals surface area contributed by atoms with Gasteiger partial charge in [-0.05, 0) is 47.3 Å². The Morgan fingerprint density at radius 1 is 1.00 bits per heavy atom. The number of anilines is 2. The summed E-state index contributed by atoms with van der Waals surface area (Å²) < 4.78 is 17.9. The van der Waals surface area contributed by atoms with Crippen molar-refractivity contribution >= 4 is 20.8 Å². The minimum absolute atomic E-state index is 0.00803. The van der Waals surface area contributed by atoms with Gasteiger partial charge in [0.2, 0.25) is 15.0 Å². The van der Waals surface area contributed by atoms with Gasteiger partial charge in [-0.25, -0.2) is 4.98 Å². The number of nitrogen functional groups attached to an aromatic ring is 2. The summed E-state index contributed by atoms with van der Waals surface area (Å²) in [6, 6.07) is 12.4. The van der Waals surface area contributed by atoms with Gasteiger partial charge in [0.1, 0.15) is 11.9 Å². The lowest BCUT2D eigenvalue weighted by Gasteiger charge is -2.25. The van der Waals surface area contributed by atoms with Crippen LogP contribution in [0.2, 0.25) is 13.1 Å². The van der Waals surface area contributed by atoms with Gasteiger partial charge in [-0.1, -0.05) is 45.0 Å². The normalized spacial score (nSPS) is 12.6. The Bertz CT molecular complexity index is 1130. The van der Waals surface area contributed by atoms with Crippen LogP contribution < -0.4 is 20.9 Å². The number of benzene rings is 2. The molecule has 0 aliphatic carbocycles. The molecule has 0 saturated heterocycles. The second-order valence-corrected chi connectivity index (χ2v) is 11.2. The summed E-state index contributed by atoms with van der Waals surface area (Å²) in [4.78, 5) is 8.29.